The molecule has 4 N–H and O–H groups in total. The van der Waals surface area contributed by atoms with Gasteiger partial charge >= 0.3 is 0 Å². The first-order chi connectivity index (χ1) is 31.3. The number of Topliss-reactive ketones (excluding diaryl/α,β-unsaturated/α-hetero) is 1. The Morgan fingerprint density at radius 2 is 1.60 bits per heavy atom. The van der Waals surface area contributed by atoms with E-state index in [2.05, 4.69) is 46.0 Å². The molecule has 0 bridgehead atoms. The maximum Gasteiger partial charge on any atom is 0.263 e. The maximum atomic E-state index is 13.6. The molecular formula is C46H57N11O7S. The average Bonchev–Trinajstić information content (AvgIpc) is 3.92. The predicted molar refractivity (Wildman–Crippen MR) is 251 cm³/mol. The van der Waals surface area contributed by atoms with Crippen molar-refractivity contribution in [2.24, 2.45) is 0 Å². The van der Waals surface area contributed by atoms with Gasteiger partial charge in [0.05, 0.1) is 73.8 Å². The number of aryl methyl sites for hydroxylation is 4. The summed E-state index contributed by atoms with van der Waals surface area (Å²) in [7, 11) is 0. The van der Waals surface area contributed by atoms with E-state index in [1.54, 1.807) is 36.0 Å². The Bertz CT molecular complexity index is 2560. The Kier molecular flexibility index (Phi) is 15.6. The Morgan fingerprint density at radius 3 is 2.29 bits per heavy atom. The van der Waals surface area contributed by atoms with Crippen LogP contribution in [0.25, 0.3) is 11.0 Å². The van der Waals surface area contributed by atoms with E-state index in [1.165, 1.54) is 18.3 Å². The minimum absolute atomic E-state index is 0.00674. The number of benzene rings is 1. The van der Waals surface area contributed by atoms with Gasteiger partial charge in [-0.2, -0.15) is 4.98 Å². The van der Waals surface area contributed by atoms with Crippen LogP contribution in [-0.2, 0) is 19.1 Å². The summed E-state index contributed by atoms with van der Waals surface area (Å²) in [6.45, 7) is 13.6. The Balaban J connectivity index is 0.768. The van der Waals surface area contributed by atoms with Crippen molar-refractivity contribution in [3.05, 3.63) is 85.9 Å². The number of anilines is 5. The van der Waals surface area contributed by atoms with Crippen molar-refractivity contribution in [3.63, 3.8) is 0 Å². The predicted octanol–water partition coefficient (Wildman–Crippen LogP) is 5.49. The number of aromatic nitrogens is 5. The zero-order chi connectivity index (χ0) is 46.0. The number of thiazole rings is 1. The number of ketones is 1. The van der Waals surface area contributed by atoms with Gasteiger partial charge < -0.3 is 30.3 Å². The molecule has 19 heteroatoms. The molecule has 1 saturated carbocycles. The fourth-order valence-electron chi connectivity index (χ4n) is 8.11. The van der Waals surface area contributed by atoms with Crippen molar-refractivity contribution >= 4 is 74.1 Å². The van der Waals surface area contributed by atoms with Crippen LogP contribution in [-0.4, -0.2) is 119 Å². The van der Waals surface area contributed by atoms with Crippen LogP contribution in [0, 0.1) is 27.7 Å². The van der Waals surface area contributed by atoms with Gasteiger partial charge in [-0.25, -0.2) is 15.0 Å². The Morgan fingerprint density at radius 1 is 0.846 bits per heavy atom. The second kappa shape index (κ2) is 21.7. The number of piperazine rings is 1. The summed E-state index contributed by atoms with van der Waals surface area (Å²) in [5, 5.41) is 12.9. The average molecular weight is 908 g/mol. The first-order valence-electron chi connectivity index (χ1n) is 22.1. The van der Waals surface area contributed by atoms with Gasteiger partial charge in [-0.3, -0.25) is 38.8 Å². The number of pyridine rings is 2. The van der Waals surface area contributed by atoms with Gasteiger partial charge in [-0.15, -0.1) is 11.3 Å². The zero-order valence-corrected chi connectivity index (χ0v) is 38.4. The standard InChI is InChI=1S/C46H57N11O7S/c1-28-10-12-35(43(61)54-46-50-30(3)32(5)65-46)37(24-28)51-39(59)14-20-63-22-23-64-21-15-47-40(60)27-55-16-18-56(19-17-55)34-11-13-38(48-25-34)52-45-49-26-36-29(2)41(31(4)58)44(62)57(42(36)53-45)33-8-6-7-9-33/h10-13,24-26,33H,6-9,14-23,27H2,1-5H3,(H,47,60)(H,51,59)(H,50,54,61)(H,48,49,52,53). The van der Waals surface area contributed by atoms with Gasteiger partial charge in [0.1, 0.15) is 11.5 Å². The molecule has 4 aromatic heterocycles. The first kappa shape index (κ1) is 46.8. The van der Waals surface area contributed by atoms with Crippen LogP contribution in [0.2, 0.25) is 0 Å². The van der Waals surface area contributed by atoms with Crippen molar-refractivity contribution in [2.45, 2.75) is 72.8 Å². The largest absolute Gasteiger partial charge is 0.379 e. The number of rotatable bonds is 19. The zero-order valence-electron chi connectivity index (χ0n) is 37.6. The molecule has 65 heavy (non-hydrogen) atoms. The highest BCUT2D eigenvalue weighted by atomic mass is 32.1. The van der Waals surface area contributed by atoms with Crippen LogP contribution >= 0.6 is 11.3 Å². The molecule has 7 rings (SSSR count). The van der Waals surface area contributed by atoms with Crippen LogP contribution in [0.15, 0.2) is 47.5 Å². The van der Waals surface area contributed by atoms with Crippen molar-refractivity contribution in [1.29, 1.82) is 0 Å². The second-order valence-corrected chi connectivity index (χ2v) is 17.6. The third-order valence-corrected chi connectivity index (χ3v) is 12.7. The number of amides is 3. The lowest BCUT2D eigenvalue weighted by Gasteiger charge is -2.35. The van der Waals surface area contributed by atoms with Crippen molar-refractivity contribution in [2.75, 3.05) is 86.5 Å². The molecule has 3 amide bonds. The highest BCUT2D eigenvalue weighted by Gasteiger charge is 2.26. The lowest BCUT2D eigenvalue weighted by molar-refractivity contribution is -0.122. The van der Waals surface area contributed by atoms with E-state index in [0.717, 1.165) is 60.6 Å². The summed E-state index contributed by atoms with van der Waals surface area (Å²) in [5.74, 6) is -0.0825. The molecule has 1 saturated heterocycles. The summed E-state index contributed by atoms with van der Waals surface area (Å²) in [4.78, 5) is 88.0. The van der Waals surface area contributed by atoms with Crippen LogP contribution in [0.5, 0.6) is 0 Å². The normalized spacial score (nSPS) is 14.4. The molecule has 2 aliphatic rings. The molecule has 0 atom stereocenters. The Labute approximate surface area is 381 Å². The number of fused-ring (bicyclic) bond motifs is 1. The van der Waals surface area contributed by atoms with Crippen LogP contribution in [0.4, 0.5) is 28.3 Å². The third kappa shape index (κ3) is 12.0. The number of ether oxygens (including phenoxy) is 2. The topological polar surface area (TPSA) is 215 Å². The summed E-state index contributed by atoms with van der Waals surface area (Å²) in [6.07, 6.45) is 7.36. The molecular weight excluding hydrogens is 851 g/mol. The number of nitrogens with zero attached hydrogens (tertiary/aromatic N) is 7. The van der Waals surface area contributed by atoms with Crippen LogP contribution in [0.3, 0.4) is 0 Å². The SMILES string of the molecule is CC(=O)c1c(C)c2cnc(Nc3ccc(N4CCN(CC(=O)NCCOCCOCCC(=O)Nc5cc(C)ccc5C(=O)Nc5nc(C)c(C)s5)CC4)cn3)nc2n(C2CCCC2)c1=O. The van der Waals surface area contributed by atoms with E-state index in [4.69, 9.17) is 14.5 Å². The summed E-state index contributed by atoms with van der Waals surface area (Å²) >= 11 is 1.40. The number of carbonyl (C=O) groups excluding carboxylic acids is 4. The van der Waals surface area contributed by atoms with Crippen LogP contribution in [0.1, 0.15) is 87.5 Å². The van der Waals surface area contributed by atoms with E-state index in [-0.39, 0.29) is 60.2 Å². The number of nitrogens with one attached hydrogen (secondary N) is 4. The minimum atomic E-state index is -0.350. The van der Waals surface area contributed by atoms with E-state index < -0.39 is 0 Å². The van der Waals surface area contributed by atoms with Gasteiger partial charge in [0.25, 0.3) is 11.5 Å². The van der Waals surface area contributed by atoms with E-state index in [9.17, 15) is 24.0 Å². The molecule has 344 valence electrons. The lowest BCUT2D eigenvalue weighted by Crippen LogP contribution is -2.49. The molecule has 0 unspecified atom stereocenters. The van der Waals surface area contributed by atoms with E-state index in [0.29, 0.717) is 84.2 Å². The smallest absolute Gasteiger partial charge is 0.263 e. The lowest BCUT2D eigenvalue weighted by atomic mass is 10.0. The molecule has 0 spiro atoms. The quantitative estimate of drug-likeness (QED) is 0.0596. The monoisotopic (exact) mass is 907 g/mol. The molecule has 2 fully saturated rings. The summed E-state index contributed by atoms with van der Waals surface area (Å²) in [5.41, 5.74) is 4.52. The highest BCUT2D eigenvalue weighted by molar-refractivity contribution is 7.15. The number of hydrogen-bond acceptors (Lipinski definition) is 15. The van der Waals surface area contributed by atoms with E-state index >= 15 is 0 Å². The van der Waals surface area contributed by atoms with E-state index in [1.807, 2.05) is 39.0 Å². The van der Waals surface area contributed by atoms with Crippen LogP contribution < -0.4 is 31.7 Å². The van der Waals surface area contributed by atoms with Crippen molar-refractivity contribution < 1.29 is 28.7 Å². The van der Waals surface area contributed by atoms with Gasteiger partial charge in [0, 0.05) is 55.2 Å². The Hall–Kier alpha value is -6.15. The molecule has 1 aliphatic heterocycles. The second-order valence-electron chi connectivity index (χ2n) is 16.4. The fourth-order valence-corrected chi connectivity index (χ4v) is 8.92. The number of hydrogen-bond donors (Lipinski definition) is 4. The molecule has 18 nitrogen and oxygen atoms in total. The van der Waals surface area contributed by atoms with Gasteiger partial charge in [0.15, 0.2) is 10.9 Å². The first-order valence-corrected chi connectivity index (χ1v) is 22.9. The molecule has 5 heterocycles. The fraction of sp³-hybridized carbons (Fsp3) is 0.457. The molecule has 0 radical (unpaired) electrons. The molecule has 1 aliphatic carbocycles. The van der Waals surface area contributed by atoms with Gasteiger partial charge in [0.2, 0.25) is 17.8 Å². The summed E-state index contributed by atoms with van der Waals surface area (Å²) in [6, 6.07) is 9.10. The molecule has 1 aromatic carbocycles. The third-order valence-electron chi connectivity index (χ3n) is 11.7. The van der Waals surface area contributed by atoms with Gasteiger partial charge in [-0.1, -0.05) is 18.9 Å². The molecule has 5 aromatic rings. The van der Waals surface area contributed by atoms with Crippen molar-refractivity contribution in [1.82, 2.24) is 34.7 Å². The highest BCUT2D eigenvalue weighted by Crippen LogP contribution is 2.32. The maximum absolute atomic E-state index is 13.6. The van der Waals surface area contributed by atoms with Crippen molar-refractivity contribution in [3.8, 4) is 0 Å². The van der Waals surface area contributed by atoms with Gasteiger partial charge in [-0.05, 0) is 82.9 Å². The number of carbonyl (C=O) groups is 4. The summed E-state index contributed by atoms with van der Waals surface area (Å²) < 4.78 is 12.9. The minimum Gasteiger partial charge on any atom is -0.379 e.